The van der Waals surface area contributed by atoms with Crippen LogP contribution in [0.3, 0.4) is 0 Å². The van der Waals surface area contributed by atoms with Crippen LogP contribution in [0.5, 0.6) is 5.75 Å². The predicted molar refractivity (Wildman–Crippen MR) is 95.3 cm³/mol. The summed E-state index contributed by atoms with van der Waals surface area (Å²) in [6.45, 7) is 0.107. The van der Waals surface area contributed by atoms with Gasteiger partial charge in [-0.25, -0.2) is 9.66 Å². The van der Waals surface area contributed by atoms with Crippen molar-refractivity contribution in [2.45, 2.75) is 0 Å². The van der Waals surface area contributed by atoms with Gasteiger partial charge < -0.3 is 4.74 Å². The summed E-state index contributed by atoms with van der Waals surface area (Å²) in [4.78, 5) is 29.1. The standard InChI is InChI=1S/C18H12ClN3O3/c19-13-5-6-16-11(8-13)7-12(9-25-16)17(23)21-22-10-20-15-4-2-1-3-14(15)18(22)24/h1-8,10H,9H2,(H,21,23). The fourth-order valence-electron chi connectivity index (χ4n) is 2.61. The van der Waals surface area contributed by atoms with E-state index in [9.17, 15) is 9.59 Å². The van der Waals surface area contributed by atoms with E-state index in [1.165, 1.54) is 6.33 Å². The smallest absolute Gasteiger partial charge is 0.280 e. The van der Waals surface area contributed by atoms with Crippen molar-refractivity contribution >= 4 is 34.5 Å². The van der Waals surface area contributed by atoms with Crippen LogP contribution in [0.15, 0.2) is 59.2 Å². The number of aromatic nitrogens is 2. The number of carbonyl (C=O) groups is 1. The van der Waals surface area contributed by atoms with Crippen molar-refractivity contribution in [1.82, 2.24) is 9.66 Å². The number of para-hydroxylation sites is 1. The van der Waals surface area contributed by atoms with E-state index in [1.807, 2.05) is 0 Å². The van der Waals surface area contributed by atoms with Gasteiger partial charge in [-0.3, -0.25) is 15.0 Å². The molecule has 0 atom stereocenters. The Morgan fingerprint density at radius 2 is 2.08 bits per heavy atom. The molecule has 6 nitrogen and oxygen atoms in total. The molecule has 1 amide bonds. The number of amides is 1. The van der Waals surface area contributed by atoms with Crippen molar-refractivity contribution in [2.75, 3.05) is 12.0 Å². The first-order chi connectivity index (χ1) is 12.1. The number of fused-ring (bicyclic) bond motifs is 2. The minimum atomic E-state index is -0.440. The minimum Gasteiger partial charge on any atom is -0.488 e. The second kappa shape index (κ2) is 6.07. The zero-order valence-corrected chi connectivity index (χ0v) is 13.7. The molecule has 25 heavy (non-hydrogen) atoms. The number of ether oxygens (including phenoxy) is 1. The fourth-order valence-corrected chi connectivity index (χ4v) is 2.79. The Morgan fingerprint density at radius 1 is 1.24 bits per heavy atom. The fraction of sp³-hybridized carbons (Fsp3) is 0.0556. The van der Waals surface area contributed by atoms with E-state index in [2.05, 4.69) is 10.4 Å². The number of benzene rings is 2. The number of rotatable bonds is 2. The van der Waals surface area contributed by atoms with Crippen LogP contribution in [0.4, 0.5) is 0 Å². The Morgan fingerprint density at radius 3 is 2.96 bits per heavy atom. The Bertz CT molecular complexity index is 1090. The molecule has 124 valence electrons. The van der Waals surface area contributed by atoms with Crippen LogP contribution >= 0.6 is 11.6 Å². The van der Waals surface area contributed by atoms with E-state index >= 15 is 0 Å². The normalized spacial score (nSPS) is 12.9. The maximum atomic E-state index is 12.5. The first-order valence-electron chi connectivity index (χ1n) is 7.52. The first kappa shape index (κ1) is 15.4. The first-order valence-corrected chi connectivity index (χ1v) is 7.90. The molecule has 2 aromatic carbocycles. The SMILES string of the molecule is O=C(Nn1cnc2ccccc2c1=O)C1=Cc2cc(Cl)ccc2OC1. The van der Waals surface area contributed by atoms with Crippen LogP contribution in [0.25, 0.3) is 17.0 Å². The highest BCUT2D eigenvalue weighted by molar-refractivity contribution is 6.30. The molecule has 2 heterocycles. The van der Waals surface area contributed by atoms with Crippen molar-refractivity contribution in [3.63, 3.8) is 0 Å². The van der Waals surface area contributed by atoms with Gasteiger partial charge in [0.1, 0.15) is 18.7 Å². The van der Waals surface area contributed by atoms with Gasteiger partial charge in [-0.15, -0.1) is 0 Å². The van der Waals surface area contributed by atoms with Gasteiger partial charge in [-0.1, -0.05) is 23.7 Å². The van der Waals surface area contributed by atoms with Crippen molar-refractivity contribution in [1.29, 1.82) is 0 Å². The van der Waals surface area contributed by atoms with Crippen LogP contribution in [0.2, 0.25) is 5.02 Å². The molecule has 3 aromatic rings. The molecule has 0 spiro atoms. The van der Waals surface area contributed by atoms with Gasteiger partial charge in [0.05, 0.1) is 16.5 Å². The lowest BCUT2D eigenvalue weighted by atomic mass is 10.1. The molecule has 0 fully saturated rings. The van der Waals surface area contributed by atoms with Gasteiger partial charge in [0.25, 0.3) is 11.5 Å². The Balaban J connectivity index is 1.65. The Hall–Kier alpha value is -3.12. The summed E-state index contributed by atoms with van der Waals surface area (Å²) in [5.41, 5.74) is 3.86. The van der Waals surface area contributed by atoms with Gasteiger partial charge in [-0.05, 0) is 36.4 Å². The topological polar surface area (TPSA) is 73.2 Å². The summed E-state index contributed by atoms with van der Waals surface area (Å²) in [6, 6.07) is 12.1. The zero-order chi connectivity index (χ0) is 17.4. The van der Waals surface area contributed by atoms with Crippen molar-refractivity contribution in [3.8, 4) is 5.75 Å². The van der Waals surface area contributed by atoms with E-state index in [-0.39, 0.29) is 12.2 Å². The van der Waals surface area contributed by atoms with Crippen LogP contribution < -0.4 is 15.7 Å². The summed E-state index contributed by atoms with van der Waals surface area (Å²) < 4.78 is 6.63. The number of nitrogens with zero attached hydrogens (tertiary/aromatic N) is 2. The lowest BCUT2D eigenvalue weighted by Gasteiger charge is -2.18. The molecule has 1 aliphatic heterocycles. The van der Waals surface area contributed by atoms with E-state index in [0.29, 0.717) is 32.8 Å². The number of carbonyl (C=O) groups excluding carboxylic acids is 1. The van der Waals surface area contributed by atoms with Crippen LogP contribution in [0, 0.1) is 0 Å². The predicted octanol–water partition coefficient (Wildman–Crippen LogP) is 2.60. The number of hydrogen-bond acceptors (Lipinski definition) is 4. The van der Waals surface area contributed by atoms with Crippen LogP contribution in [0.1, 0.15) is 5.56 Å². The van der Waals surface area contributed by atoms with Gasteiger partial charge >= 0.3 is 0 Å². The summed E-state index contributed by atoms with van der Waals surface area (Å²) >= 11 is 5.97. The highest BCUT2D eigenvalue weighted by atomic mass is 35.5. The van der Waals surface area contributed by atoms with E-state index in [0.717, 1.165) is 4.68 Å². The molecular weight excluding hydrogens is 342 g/mol. The molecule has 0 radical (unpaired) electrons. The molecule has 0 bridgehead atoms. The summed E-state index contributed by atoms with van der Waals surface area (Å²) in [6.07, 6.45) is 2.98. The third-order valence-corrected chi connectivity index (χ3v) is 4.10. The molecule has 0 saturated carbocycles. The average molecular weight is 354 g/mol. The monoisotopic (exact) mass is 353 g/mol. The Labute approximate surface area is 147 Å². The van der Waals surface area contributed by atoms with Gasteiger partial charge in [-0.2, -0.15) is 0 Å². The van der Waals surface area contributed by atoms with E-state index < -0.39 is 5.91 Å². The molecule has 1 N–H and O–H groups in total. The molecule has 0 aliphatic carbocycles. The molecule has 1 aromatic heterocycles. The lowest BCUT2D eigenvalue weighted by Crippen LogP contribution is -2.35. The number of hydrogen-bond donors (Lipinski definition) is 1. The maximum absolute atomic E-state index is 12.5. The molecule has 7 heteroatoms. The van der Waals surface area contributed by atoms with Crippen LogP contribution in [-0.4, -0.2) is 22.2 Å². The van der Waals surface area contributed by atoms with E-state index in [4.69, 9.17) is 16.3 Å². The summed E-state index contributed by atoms with van der Waals surface area (Å²) in [5, 5.41) is 0.978. The second-order valence-corrected chi connectivity index (χ2v) is 5.95. The molecule has 4 rings (SSSR count). The quantitative estimate of drug-likeness (QED) is 0.768. The zero-order valence-electron chi connectivity index (χ0n) is 12.9. The Kier molecular flexibility index (Phi) is 3.74. The third kappa shape index (κ3) is 2.88. The average Bonchev–Trinajstić information content (AvgIpc) is 2.63. The molecule has 0 unspecified atom stereocenters. The van der Waals surface area contributed by atoms with Crippen molar-refractivity contribution in [2.24, 2.45) is 0 Å². The number of halogens is 1. The molecule has 0 saturated heterocycles. The maximum Gasteiger partial charge on any atom is 0.280 e. The molecular formula is C18H12ClN3O3. The molecule has 1 aliphatic rings. The second-order valence-electron chi connectivity index (χ2n) is 5.52. The van der Waals surface area contributed by atoms with Gasteiger partial charge in [0, 0.05) is 10.6 Å². The summed E-state index contributed by atoms with van der Waals surface area (Å²) in [5.74, 6) is 0.218. The lowest BCUT2D eigenvalue weighted by molar-refractivity contribution is -0.114. The van der Waals surface area contributed by atoms with Crippen molar-refractivity contribution < 1.29 is 9.53 Å². The number of nitrogens with one attached hydrogen (secondary N) is 1. The minimum absolute atomic E-state index is 0.107. The third-order valence-electron chi connectivity index (χ3n) is 3.86. The highest BCUT2D eigenvalue weighted by Gasteiger charge is 2.18. The van der Waals surface area contributed by atoms with Crippen LogP contribution in [-0.2, 0) is 4.79 Å². The van der Waals surface area contributed by atoms with E-state index in [1.54, 1.807) is 48.5 Å². The van der Waals surface area contributed by atoms with Gasteiger partial charge in [0.2, 0.25) is 0 Å². The van der Waals surface area contributed by atoms with Gasteiger partial charge in [0.15, 0.2) is 0 Å². The summed E-state index contributed by atoms with van der Waals surface area (Å²) in [7, 11) is 0. The highest BCUT2D eigenvalue weighted by Crippen LogP contribution is 2.28. The largest absolute Gasteiger partial charge is 0.488 e. The van der Waals surface area contributed by atoms with Crippen molar-refractivity contribution in [3.05, 3.63) is 75.3 Å².